The summed E-state index contributed by atoms with van der Waals surface area (Å²) in [7, 11) is 0. The number of carbonyl (C=O) groups excluding carboxylic acids is 1. The number of para-hydroxylation sites is 1. The number of alkyl halides is 3. The van der Waals surface area contributed by atoms with Crippen molar-refractivity contribution in [2.24, 2.45) is 0 Å². The highest BCUT2D eigenvalue weighted by Gasteiger charge is 2.32. The predicted molar refractivity (Wildman–Crippen MR) is 141 cm³/mol. The van der Waals surface area contributed by atoms with Crippen molar-refractivity contribution in [2.75, 3.05) is 42.3 Å². The molecule has 7 nitrogen and oxygen atoms in total. The number of carbonyl (C=O) groups is 1. The van der Waals surface area contributed by atoms with Gasteiger partial charge in [0.05, 0.1) is 35.9 Å². The summed E-state index contributed by atoms with van der Waals surface area (Å²) in [6.07, 6.45) is -4.53. The normalized spacial score (nSPS) is 13.9. The number of rotatable bonds is 7. The summed E-state index contributed by atoms with van der Waals surface area (Å²) in [4.78, 5) is 14.9. The second kappa shape index (κ2) is 11.3. The van der Waals surface area contributed by atoms with Crippen LogP contribution < -0.4 is 10.2 Å². The van der Waals surface area contributed by atoms with E-state index in [-0.39, 0.29) is 11.4 Å². The first kappa shape index (κ1) is 25.8. The van der Waals surface area contributed by atoms with Crippen LogP contribution in [0.1, 0.15) is 5.56 Å². The lowest BCUT2D eigenvalue weighted by atomic mass is 10.1. The van der Waals surface area contributed by atoms with E-state index < -0.39 is 17.6 Å². The second-order valence-electron chi connectivity index (χ2n) is 8.51. The molecule has 196 valence electrons. The summed E-state index contributed by atoms with van der Waals surface area (Å²) < 4.78 is 47.5. The van der Waals surface area contributed by atoms with E-state index >= 15 is 0 Å². The zero-order valence-electron chi connectivity index (χ0n) is 20.2. The van der Waals surface area contributed by atoms with Crippen LogP contribution in [0.2, 0.25) is 0 Å². The van der Waals surface area contributed by atoms with E-state index in [4.69, 9.17) is 4.74 Å². The van der Waals surface area contributed by atoms with Gasteiger partial charge in [0.2, 0.25) is 5.91 Å². The topological polar surface area (TPSA) is 72.3 Å². The second-order valence-corrected chi connectivity index (χ2v) is 9.45. The van der Waals surface area contributed by atoms with Crippen molar-refractivity contribution in [3.8, 4) is 17.1 Å². The number of ether oxygens (including phenoxy) is 1. The van der Waals surface area contributed by atoms with E-state index in [1.54, 1.807) is 0 Å². The molecule has 11 heteroatoms. The van der Waals surface area contributed by atoms with Crippen LogP contribution >= 0.6 is 11.8 Å². The summed E-state index contributed by atoms with van der Waals surface area (Å²) in [5, 5.41) is 11.8. The molecule has 0 spiro atoms. The number of thioether (sulfide) groups is 1. The Morgan fingerprint density at radius 3 is 2.32 bits per heavy atom. The minimum atomic E-state index is -4.53. The van der Waals surface area contributed by atoms with Gasteiger partial charge in [0.15, 0.2) is 11.0 Å². The van der Waals surface area contributed by atoms with Crippen molar-refractivity contribution in [1.82, 2.24) is 14.8 Å². The highest BCUT2D eigenvalue weighted by atomic mass is 32.2. The smallest absolute Gasteiger partial charge is 0.378 e. The van der Waals surface area contributed by atoms with Gasteiger partial charge in [-0.3, -0.25) is 9.36 Å². The molecule has 3 aromatic carbocycles. The maximum atomic E-state index is 13.4. The molecule has 0 unspecified atom stereocenters. The molecule has 2 heterocycles. The average molecular weight is 540 g/mol. The van der Waals surface area contributed by atoms with Crippen LogP contribution in [0.4, 0.5) is 24.5 Å². The minimum Gasteiger partial charge on any atom is -0.378 e. The molecule has 5 rings (SSSR count). The molecule has 0 bridgehead atoms. The van der Waals surface area contributed by atoms with Gasteiger partial charge in [-0.25, -0.2) is 0 Å². The Labute approximate surface area is 221 Å². The molecule has 1 aliphatic rings. The van der Waals surface area contributed by atoms with Crippen molar-refractivity contribution < 1.29 is 22.7 Å². The van der Waals surface area contributed by atoms with Crippen molar-refractivity contribution in [1.29, 1.82) is 0 Å². The third kappa shape index (κ3) is 5.84. The number of nitrogens with one attached hydrogen (secondary N) is 1. The Hall–Kier alpha value is -3.83. The number of hydrogen-bond acceptors (Lipinski definition) is 6. The molecule has 1 fully saturated rings. The Morgan fingerprint density at radius 2 is 1.63 bits per heavy atom. The van der Waals surface area contributed by atoms with Gasteiger partial charge in [-0.15, -0.1) is 10.2 Å². The van der Waals surface area contributed by atoms with Gasteiger partial charge in [0, 0.05) is 24.3 Å². The first-order valence-corrected chi connectivity index (χ1v) is 12.9. The molecule has 1 N–H and O–H groups in total. The van der Waals surface area contributed by atoms with Gasteiger partial charge >= 0.3 is 6.18 Å². The van der Waals surface area contributed by atoms with E-state index in [1.165, 1.54) is 6.07 Å². The third-order valence-corrected chi connectivity index (χ3v) is 6.89. The summed E-state index contributed by atoms with van der Waals surface area (Å²) in [6, 6.07) is 22.5. The number of hydrogen-bond donors (Lipinski definition) is 1. The number of amides is 1. The van der Waals surface area contributed by atoms with Crippen LogP contribution in [-0.2, 0) is 15.7 Å². The fourth-order valence-corrected chi connectivity index (χ4v) is 4.91. The Kier molecular flexibility index (Phi) is 7.66. The molecule has 1 amide bonds. The summed E-state index contributed by atoms with van der Waals surface area (Å²) in [5.41, 5.74) is 1.50. The van der Waals surface area contributed by atoms with Gasteiger partial charge in [0.25, 0.3) is 0 Å². The van der Waals surface area contributed by atoms with E-state index in [0.29, 0.717) is 43.0 Å². The van der Waals surface area contributed by atoms with Crippen LogP contribution in [0.5, 0.6) is 0 Å². The van der Waals surface area contributed by atoms with Crippen molar-refractivity contribution in [3.05, 3.63) is 84.4 Å². The molecule has 1 saturated heterocycles. The lowest BCUT2D eigenvalue weighted by Crippen LogP contribution is -2.37. The zero-order chi connectivity index (χ0) is 26.5. The summed E-state index contributed by atoms with van der Waals surface area (Å²) >= 11 is 1.16. The Balaban J connectivity index is 1.38. The summed E-state index contributed by atoms with van der Waals surface area (Å²) in [5.74, 6) is 0.0957. The number of anilines is 2. The Bertz CT molecular complexity index is 1390. The first-order chi connectivity index (χ1) is 18.4. The highest BCUT2D eigenvalue weighted by molar-refractivity contribution is 7.99. The molecule has 38 heavy (non-hydrogen) atoms. The zero-order valence-corrected chi connectivity index (χ0v) is 21.0. The number of nitrogens with zero attached hydrogens (tertiary/aromatic N) is 4. The quantitative estimate of drug-likeness (QED) is 0.312. The monoisotopic (exact) mass is 539 g/mol. The van der Waals surface area contributed by atoms with E-state index in [2.05, 4.69) is 15.5 Å². The number of halogens is 3. The van der Waals surface area contributed by atoms with Crippen LogP contribution in [0, 0.1) is 0 Å². The van der Waals surface area contributed by atoms with E-state index in [0.717, 1.165) is 35.1 Å². The Morgan fingerprint density at radius 1 is 0.947 bits per heavy atom. The van der Waals surface area contributed by atoms with Crippen LogP contribution in [-0.4, -0.2) is 52.7 Å². The van der Waals surface area contributed by atoms with Gasteiger partial charge in [-0.05, 0) is 30.3 Å². The fraction of sp³-hybridized carbons (Fsp3) is 0.222. The SMILES string of the molecule is O=C(CSc1nnc(-c2ccccc2)n1-c1ccccc1)Nc1cc(C(F)(F)F)ccc1N1CCOCC1. The maximum absolute atomic E-state index is 13.4. The molecule has 0 radical (unpaired) electrons. The standard InChI is InChI=1S/C27H24F3N5O2S/c28-27(29,30)20-11-12-23(34-13-15-37-16-14-34)22(17-20)31-24(36)18-38-26-33-32-25(19-7-3-1-4-8-19)35(26)21-9-5-2-6-10-21/h1-12,17H,13-16,18H2,(H,31,36). The van der Waals surface area contributed by atoms with Crippen molar-refractivity contribution in [3.63, 3.8) is 0 Å². The van der Waals surface area contributed by atoms with Crippen LogP contribution in [0.3, 0.4) is 0 Å². The molecular weight excluding hydrogens is 515 g/mol. The van der Waals surface area contributed by atoms with Gasteiger partial charge < -0.3 is 15.0 Å². The number of morpholine rings is 1. The highest BCUT2D eigenvalue weighted by Crippen LogP contribution is 2.36. The number of benzene rings is 3. The maximum Gasteiger partial charge on any atom is 0.416 e. The average Bonchev–Trinajstić information content (AvgIpc) is 3.37. The third-order valence-electron chi connectivity index (χ3n) is 5.96. The summed E-state index contributed by atoms with van der Waals surface area (Å²) in [6.45, 7) is 1.96. The molecule has 0 atom stereocenters. The molecule has 1 aliphatic heterocycles. The molecular formula is C27H24F3N5O2S. The fourth-order valence-electron chi connectivity index (χ4n) is 4.16. The lowest BCUT2D eigenvalue weighted by molar-refractivity contribution is -0.137. The van der Waals surface area contributed by atoms with Crippen LogP contribution in [0.25, 0.3) is 17.1 Å². The van der Waals surface area contributed by atoms with E-state index in [1.807, 2.05) is 70.1 Å². The predicted octanol–water partition coefficient (Wildman–Crippen LogP) is 5.52. The minimum absolute atomic E-state index is 0.0709. The van der Waals surface area contributed by atoms with Crippen molar-refractivity contribution in [2.45, 2.75) is 11.3 Å². The molecule has 0 aliphatic carbocycles. The van der Waals surface area contributed by atoms with Crippen molar-refractivity contribution >= 4 is 29.0 Å². The first-order valence-electron chi connectivity index (χ1n) is 11.9. The number of aromatic nitrogens is 3. The molecule has 4 aromatic rings. The van der Waals surface area contributed by atoms with Gasteiger partial charge in [0.1, 0.15) is 0 Å². The van der Waals surface area contributed by atoms with Gasteiger partial charge in [-0.2, -0.15) is 13.2 Å². The van der Waals surface area contributed by atoms with Gasteiger partial charge in [-0.1, -0.05) is 60.3 Å². The van der Waals surface area contributed by atoms with E-state index in [9.17, 15) is 18.0 Å². The molecule has 1 aromatic heterocycles. The molecule has 0 saturated carbocycles. The lowest BCUT2D eigenvalue weighted by Gasteiger charge is -2.31. The van der Waals surface area contributed by atoms with Crippen LogP contribution in [0.15, 0.2) is 84.0 Å². The largest absolute Gasteiger partial charge is 0.416 e.